The zero-order valence-electron chi connectivity index (χ0n) is 10.0. The van der Waals surface area contributed by atoms with Gasteiger partial charge >= 0.3 is 0 Å². The maximum Gasteiger partial charge on any atom is 0.257 e. The fourth-order valence-corrected chi connectivity index (χ4v) is 2.02. The van der Waals surface area contributed by atoms with Crippen molar-refractivity contribution in [2.24, 2.45) is 0 Å². The van der Waals surface area contributed by atoms with Crippen LogP contribution in [0.2, 0.25) is 5.15 Å². The first-order valence-corrected chi connectivity index (χ1v) is 6.10. The molecule has 0 amide bonds. The van der Waals surface area contributed by atoms with Crippen LogP contribution in [0.5, 0.6) is 5.88 Å². The van der Waals surface area contributed by atoms with Gasteiger partial charge in [-0.25, -0.2) is 0 Å². The average molecular weight is 258 g/mol. The molecule has 0 N–H and O–H groups in total. The zero-order chi connectivity index (χ0) is 12.3. The Balaban J connectivity index is 2.30. The van der Waals surface area contributed by atoms with E-state index in [-0.39, 0.29) is 6.04 Å². The van der Waals surface area contributed by atoms with Gasteiger partial charge in [0.05, 0.1) is 19.8 Å². The Morgan fingerprint density at radius 1 is 1.59 bits per heavy atom. The van der Waals surface area contributed by atoms with Crippen LogP contribution < -0.4 is 9.64 Å². The first kappa shape index (κ1) is 12.4. The van der Waals surface area contributed by atoms with Gasteiger partial charge < -0.3 is 14.4 Å². The SMILES string of the molecule is CCOc1nnc(Cl)cc1N1CCOC[C@@H]1C. The van der Waals surface area contributed by atoms with Gasteiger partial charge in [0.15, 0.2) is 5.15 Å². The predicted octanol–water partition coefficient (Wildman–Crippen LogP) is 1.75. The van der Waals surface area contributed by atoms with E-state index in [9.17, 15) is 0 Å². The minimum atomic E-state index is 0.281. The largest absolute Gasteiger partial charge is 0.475 e. The van der Waals surface area contributed by atoms with Gasteiger partial charge in [-0.15, -0.1) is 10.2 Å². The van der Waals surface area contributed by atoms with Crippen molar-refractivity contribution in [3.05, 3.63) is 11.2 Å². The molecule has 1 aliphatic rings. The Kier molecular flexibility index (Phi) is 4.02. The number of morpholine rings is 1. The molecule has 1 aliphatic heterocycles. The number of halogens is 1. The smallest absolute Gasteiger partial charge is 0.257 e. The summed E-state index contributed by atoms with van der Waals surface area (Å²) in [6.45, 7) is 6.79. The van der Waals surface area contributed by atoms with Crippen LogP contribution >= 0.6 is 11.6 Å². The molecular weight excluding hydrogens is 242 g/mol. The van der Waals surface area contributed by atoms with Gasteiger partial charge in [-0.3, -0.25) is 0 Å². The molecule has 0 aromatic carbocycles. The molecule has 5 nitrogen and oxygen atoms in total. The van der Waals surface area contributed by atoms with Crippen LogP contribution in [-0.2, 0) is 4.74 Å². The van der Waals surface area contributed by atoms with Crippen molar-refractivity contribution in [3.8, 4) is 5.88 Å². The molecule has 2 rings (SSSR count). The molecule has 0 spiro atoms. The molecule has 1 aromatic rings. The van der Waals surface area contributed by atoms with E-state index in [0.717, 1.165) is 12.2 Å². The number of ether oxygens (including phenoxy) is 2. The molecule has 94 valence electrons. The quantitative estimate of drug-likeness (QED) is 0.826. The second-order valence-corrected chi connectivity index (χ2v) is 4.30. The number of hydrogen-bond donors (Lipinski definition) is 0. The van der Waals surface area contributed by atoms with Crippen molar-refractivity contribution in [3.63, 3.8) is 0 Å². The fraction of sp³-hybridized carbons (Fsp3) is 0.636. The highest BCUT2D eigenvalue weighted by Crippen LogP contribution is 2.30. The highest BCUT2D eigenvalue weighted by atomic mass is 35.5. The van der Waals surface area contributed by atoms with Crippen molar-refractivity contribution >= 4 is 17.3 Å². The summed E-state index contributed by atoms with van der Waals surface area (Å²) in [5.41, 5.74) is 0.891. The normalized spacial score (nSPS) is 20.4. The molecule has 0 aliphatic carbocycles. The van der Waals surface area contributed by atoms with Gasteiger partial charge in [-0.05, 0) is 13.8 Å². The third-order valence-corrected chi connectivity index (χ3v) is 2.85. The van der Waals surface area contributed by atoms with Crippen molar-refractivity contribution in [2.45, 2.75) is 19.9 Å². The molecular formula is C11H16ClN3O2. The van der Waals surface area contributed by atoms with E-state index in [4.69, 9.17) is 21.1 Å². The second-order valence-electron chi connectivity index (χ2n) is 3.91. The lowest BCUT2D eigenvalue weighted by Crippen LogP contribution is -2.44. The molecule has 1 atom stereocenters. The Morgan fingerprint density at radius 2 is 2.41 bits per heavy atom. The third-order valence-electron chi connectivity index (χ3n) is 2.67. The summed E-state index contributed by atoms with van der Waals surface area (Å²) in [7, 11) is 0. The molecule has 0 unspecified atom stereocenters. The molecule has 6 heteroatoms. The van der Waals surface area contributed by atoms with Gasteiger partial charge in [0.1, 0.15) is 5.69 Å². The van der Waals surface area contributed by atoms with Crippen LogP contribution in [0.25, 0.3) is 0 Å². The zero-order valence-corrected chi connectivity index (χ0v) is 10.8. The highest BCUT2D eigenvalue weighted by Gasteiger charge is 2.23. The van der Waals surface area contributed by atoms with Gasteiger partial charge in [0.2, 0.25) is 0 Å². The van der Waals surface area contributed by atoms with Crippen LogP contribution in [0, 0.1) is 0 Å². The first-order chi connectivity index (χ1) is 8.22. The first-order valence-electron chi connectivity index (χ1n) is 5.72. The standard InChI is InChI=1S/C11H16ClN3O2/c1-3-17-11-9(6-10(12)13-14-11)15-4-5-16-7-8(15)2/h6,8H,3-5,7H2,1-2H3/t8-/m0/s1. The average Bonchev–Trinajstić information content (AvgIpc) is 2.32. The Bertz CT molecular complexity index is 389. The molecule has 2 heterocycles. The summed E-state index contributed by atoms with van der Waals surface area (Å²) >= 11 is 5.90. The minimum Gasteiger partial charge on any atom is -0.475 e. The number of hydrogen-bond acceptors (Lipinski definition) is 5. The maximum atomic E-state index is 5.90. The lowest BCUT2D eigenvalue weighted by atomic mass is 10.2. The molecule has 17 heavy (non-hydrogen) atoms. The Hall–Kier alpha value is -1.07. The van der Waals surface area contributed by atoms with E-state index in [1.165, 1.54) is 0 Å². The molecule has 0 saturated carbocycles. The Labute approximate surface area is 106 Å². The van der Waals surface area contributed by atoms with E-state index in [1.807, 2.05) is 6.92 Å². The van der Waals surface area contributed by atoms with Crippen LogP contribution in [0.4, 0.5) is 5.69 Å². The number of rotatable bonds is 3. The molecule has 1 aromatic heterocycles. The van der Waals surface area contributed by atoms with Crippen LogP contribution in [0.15, 0.2) is 6.07 Å². The second kappa shape index (κ2) is 5.51. The number of anilines is 1. The van der Waals surface area contributed by atoms with Crippen molar-refractivity contribution in [1.29, 1.82) is 0 Å². The molecule has 1 saturated heterocycles. The summed E-state index contributed by atoms with van der Waals surface area (Å²) in [5, 5.41) is 8.18. The fourth-order valence-electron chi connectivity index (χ4n) is 1.88. The van der Waals surface area contributed by atoms with Gasteiger partial charge in [-0.2, -0.15) is 0 Å². The topological polar surface area (TPSA) is 47.5 Å². The van der Waals surface area contributed by atoms with Crippen molar-refractivity contribution in [2.75, 3.05) is 31.3 Å². The number of aromatic nitrogens is 2. The van der Waals surface area contributed by atoms with E-state index in [1.54, 1.807) is 6.07 Å². The molecule has 0 radical (unpaired) electrons. The number of nitrogens with zero attached hydrogens (tertiary/aromatic N) is 3. The minimum absolute atomic E-state index is 0.281. The summed E-state index contributed by atoms with van der Waals surface area (Å²) in [6, 6.07) is 2.07. The molecule has 1 fully saturated rings. The van der Waals surface area contributed by atoms with Crippen molar-refractivity contribution < 1.29 is 9.47 Å². The summed E-state index contributed by atoms with van der Waals surface area (Å²) in [6.07, 6.45) is 0. The van der Waals surface area contributed by atoms with Crippen LogP contribution in [0.1, 0.15) is 13.8 Å². The predicted molar refractivity (Wildman–Crippen MR) is 65.8 cm³/mol. The maximum absolute atomic E-state index is 5.90. The lowest BCUT2D eigenvalue weighted by Gasteiger charge is -2.35. The van der Waals surface area contributed by atoms with E-state index < -0.39 is 0 Å². The van der Waals surface area contributed by atoms with Gasteiger partial charge in [0.25, 0.3) is 5.88 Å². The van der Waals surface area contributed by atoms with E-state index in [0.29, 0.717) is 30.9 Å². The Morgan fingerprint density at radius 3 is 3.12 bits per heavy atom. The monoisotopic (exact) mass is 257 g/mol. The van der Waals surface area contributed by atoms with Gasteiger partial charge in [0, 0.05) is 18.7 Å². The van der Waals surface area contributed by atoms with Crippen molar-refractivity contribution in [1.82, 2.24) is 10.2 Å². The van der Waals surface area contributed by atoms with Crippen LogP contribution in [0.3, 0.4) is 0 Å². The van der Waals surface area contributed by atoms with E-state index >= 15 is 0 Å². The highest BCUT2D eigenvalue weighted by molar-refractivity contribution is 6.29. The summed E-state index contributed by atoms with van der Waals surface area (Å²) in [4.78, 5) is 2.19. The van der Waals surface area contributed by atoms with Crippen LogP contribution in [-0.4, -0.2) is 42.6 Å². The van der Waals surface area contributed by atoms with Gasteiger partial charge in [-0.1, -0.05) is 11.6 Å². The summed E-state index contributed by atoms with van der Waals surface area (Å²) in [5.74, 6) is 0.533. The van der Waals surface area contributed by atoms with E-state index in [2.05, 4.69) is 22.0 Å². The molecule has 0 bridgehead atoms. The summed E-state index contributed by atoms with van der Waals surface area (Å²) < 4.78 is 10.9. The lowest BCUT2D eigenvalue weighted by molar-refractivity contribution is 0.0985. The third kappa shape index (κ3) is 2.79.